The zero-order chi connectivity index (χ0) is 42.1. The summed E-state index contributed by atoms with van der Waals surface area (Å²) in [6.07, 6.45) is 9.03. The lowest BCUT2D eigenvalue weighted by atomic mass is 9.97. The molecule has 1 atom stereocenters. The van der Waals surface area contributed by atoms with Crippen molar-refractivity contribution in [2.24, 2.45) is 0 Å². The molecule has 4 saturated heterocycles. The summed E-state index contributed by atoms with van der Waals surface area (Å²) in [5.74, 6) is -0.637. The van der Waals surface area contributed by atoms with Crippen molar-refractivity contribution in [2.45, 2.75) is 62.7 Å². The molecule has 7 heterocycles. The summed E-state index contributed by atoms with van der Waals surface area (Å²) in [5.41, 5.74) is 6.77. The maximum absolute atomic E-state index is 13.4. The van der Waals surface area contributed by atoms with Gasteiger partial charge in [0.15, 0.2) is 0 Å². The van der Waals surface area contributed by atoms with E-state index in [1.54, 1.807) is 19.2 Å². The van der Waals surface area contributed by atoms with Gasteiger partial charge in [-0.05, 0) is 74.6 Å². The number of likely N-dealkylation sites (tertiary alicyclic amines) is 1. The van der Waals surface area contributed by atoms with Crippen LogP contribution in [0.5, 0.6) is 5.75 Å². The Morgan fingerprint density at radius 3 is 2.23 bits per heavy atom. The Kier molecular flexibility index (Phi) is 9.68. The SMILES string of the molecule is COc1cc(N2CCN(C3CCN(C4CN(c5ccc6c(c5)C(=O)N(C5CCC(=O)NC5=O)C6=O)C4)CC3)CC2)ccc1Nc1nccc(-c2cn(C3CC3)c3ccccc23)n1. The van der Waals surface area contributed by atoms with E-state index in [-0.39, 0.29) is 18.7 Å². The number of fused-ring (bicyclic) bond motifs is 2. The zero-order valence-corrected chi connectivity index (χ0v) is 34.8. The second kappa shape index (κ2) is 15.5. The number of imide groups is 2. The molecular weight excluding hydrogens is 785 g/mol. The van der Waals surface area contributed by atoms with E-state index in [1.165, 1.54) is 23.7 Å². The molecule has 1 aliphatic carbocycles. The second-order valence-corrected chi connectivity index (χ2v) is 17.5. The van der Waals surface area contributed by atoms with E-state index < -0.39 is 23.8 Å². The van der Waals surface area contributed by atoms with Gasteiger partial charge in [-0.15, -0.1) is 0 Å². The molecular formula is C47H50N10O5. The molecule has 62 heavy (non-hydrogen) atoms. The summed E-state index contributed by atoms with van der Waals surface area (Å²) in [6, 6.07) is 22.9. The minimum Gasteiger partial charge on any atom is -0.494 e. The molecule has 0 radical (unpaired) electrons. The first kappa shape index (κ1) is 38.6. The number of piperazine rings is 1. The molecule has 6 aliphatic rings. The van der Waals surface area contributed by atoms with Crippen molar-refractivity contribution in [3.8, 4) is 17.0 Å². The van der Waals surface area contributed by atoms with Crippen molar-refractivity contribution in [1.82, 2.24) is 34.6 Å². The summed E-state index contributed by atoms with van der Waals surface area (Å²) in [5, 5.41) is 6.89. The summed E-state index contributed by atoms with van der Waals surface area (Å²) in [7, 11) is 1.71. The van der Waals surface area contributed by atoms with Crippen molar-refractivity contribution in [1.29, 1.82) is 0 Å². The summed E-state index contributed by atoms with van der Waals surface area (Å²) in [4.78, 5) is 71.1. The van der Waals surface area contributed by atoms with Crippen LogP contribution in [0.3, 0.4) is 0 Å². The Balaban J connectivity index is 0.663. The van der Waals surface area contributed by atoms with Crippen LogP contribution in [0.1, 0.15) is 65.3 Å². The second-order valence-electron chi connectivity index (χ2n) is 17.5. The molecule has 4 amide bonds. The summed E-state index contributed by atoms with van der Waals surface area (Å²) < 4.78 is 8.29. The lowest BCUT2D eigenvalue weighted by Crippen LogP contribution is -2.62. The fourth-order valence-corrected chi connectivity index (χ4v) is 10.2. The van der Waals surface area contributed by atoms with Crippen LogP contribution in [-0.2, 0) is 9.59 Å². The smallest absolute Gasteiger partial charge is 0.262 e. The maximum Gasteiger partial charge on any atom is 0.262 e. The molecule has 5 fully saturated rings. The number of anilines is 4. The number of nitrogens with one attached hydrogen (secondary N) is 2. The van der Waals surface area contributed by atoms with E-state index in [2.05, 4.69) is 88.4 Å². The molecule has 1 unspecified atom stereocenters. The quantitative estimate of drug-likeness (QED) is 0.181. The van der Waals surface area contributed by atoms with Crippen LogP contribution in [-0.4, -0.2) is 130 Å². The third kappa shape index (κ3) is 6.92. The van der Waals surface area contributed by atoms with Crippen molar-refractivity contribution in [3.63, 3.8) is 0 Å². The molecule has 2 N–H and O–H groups in total. The van der Waals surface area contributed by atoms with E-state index in [9.17, 15) is 19.2 Å². The average molecular weight is 835 g/mol. The van der Waals surface area contributed by atoms with Crippen LogP contribution in [0.15, 0.2) is 79.1 Å². The third-order valence-electron chi connectivity index (χ3n) is 13.9. The Hall–Kier alpha value is -6.32. The van der Waals surface area contributed by atoms with E-state index in [1.807, 2.05) is 18.3 Å². The molecule has 11 rings (SSSR count). The van der Waals surface area contributed by atoms with Crippen molar-refractivity contribution in [3.05, 3.63) is 90.3 Å². The fraction of sp³-hybridized carbons (Fsp3) is 0.404. The number of piperidine rings is 2. The highest BCUT2D eigenvalue weighted by atomic mass is 16.5. The first-order valence-corrected chi connectivity index (χ1v) is 22.0. The monoisotopic (exact) mass is 834 g/mol. The van der Waals surface area contributed by atoms with Gasteiger partial charge in [0.25, 0.3) is 11.8 Å². The first-order valence-electron chi connectivity index (χ1n) is 22.0. The van der Waals surface area contributed by atoms with E-state index in [4.69, 9.17) is 9.72 Å². The molecule has 15 nitrogen and oxygen atoms in total. The Labute approximate surface area is 359 Å². The maximum atomic E-state index is 13.4. The third-order valence-corrected chi connectivity index (χ3v) is 13.9. The predicted octanol–water partition coefficient (Wildman–Crippen LogP) is 5.06. The summed E-state index contributed by atoms with van der Waals surface area (Å²) in [6.45, 7) is 7.79. The van der Waals surface area contributed by atoms with Crippen molar-refractivity contribution in [2.75, 3.05) is 74.6 Å². The molecule has 0 bridgehead atoms. The summed E-state index contributed by atoms with van der Waals surface area (Å²) >= 11 is 0. The number of nitrogens with zero attached hydrogens (tertiary/aromatic N) is 8. The Morgan fingerprint density at radius 2 is 1.45 bits per heavy atom. The molecule has 0 spiro atoms. The van der Waals surface area contributed by atoms with E-state index in [0.717, 1.165) is 104 Å². The highest BCUT2D eigenvalue weighted by molar-refractivity contribution is 6.23. The number of carbonyl (C=O) groups excluding carboxylic acids is 4. The average Bonchev–Trinajstić information content (AvgIpc) is 4.01. The van der Waals surface area contributed by atoms with Crippen molar-refractivity contribution >= 4 is 57.5 Å². The number of benzene rings is 3. The molecule has 5 aliphatic heterocycles. The van der Waals surface area contributed by atoms with E-state index in [0.29, 0.717) is 35.2 Å². The topological polar surface area (TPSA) is 148 Å². The number of rotatable bonds is 10. The largest absolute Gasteiger partial charge is 0.494 e. The standard InChI is InChI=1S/C47H50N10O5/c1-62-42-25-32(9-11-39(42)50-47-48-17-14-38(49-47)37-28-56(30-6-7-30)40-5-3-2-4-34(37)40)54-22-20-53(21-23-54)29-15-18-52(19-16-29)33-26-55(27-33)31-8-10-35-36(24-31)46(61)57(45(35)60)41-12-13-43(58)51-44(41)59/h2-5,8-11,14,17,24-25,28-30,33,41H,6-7,12-13,15-16,18-23,26-27H2,1H3,(H,48,49,50)(H,51,58,59). The first-order chi connectivity index (χ1) is 30.3. The number of aromatic nitrogens is 3. The van der Waals surface area contributed by atoms with Crippen LogP contribution in [0.2, 0.25) is 0 Å². The number of para-hydroxylation sites is 1. The van der Waals surface area contributed by atoms with Gasteiger partial charge >= 0.3 is 0 Å². The van der Waals surface area contributed by atoms with Gasteiger partial charge in [0, 0.05) is 123 Å². The lowest BCUT2D eigenvalue weighted by molar-refractivity contribution is -0.136. The lowest BCUT2D eigenvalue weighted by Gasteiger charge is -2.50. The molecule has 5 aromatic rings. The highest BCUT2D eigenvalue weighted by Gasteiger charge is 2.45. The zero-order valence-electron chi connectivity index (χ0n) is 34.8. The van der Waals surface area contributed by atoms with Crippen LogP contribution >= 0.6 is 0 Å². The Bertz CT molecular complexity index is 2600. The predicted molar refractivity (Wildman–Crippen MR) is 235 cm³/mol. The molecule has 15 heteroatoms. The van der Waals surface area contributed by atoms with Gasteiger partial charge < -0.3 is 24.4 Å². The number of ether oxygens (including phenoxy) is 1. The van der Waals surface area contributed by atoms with Gasteiger partial charge in [-0.1, -0.05) is 18.2 Å². The van der Waals surface area contributed by atoms with Crippen LogP contribution in [0, 0.1) is 0 Å². The van der Waals surface area contributed by atoms with Gasteiger partial charge in [0.2, 0.25) is 17.8 Å². The number of hydrogen-bond donors (Lipinski definition) is 2. The highest BCUT2D eigenvalue weighted by Crippen LogP contribution is 2.41. The minimum atomic E-state index is -0.960. The van der Waals surface area contributed by atoms with Crippen molar-refractivity contribution < 1.29 is 23.9 Å². The molecule has 1 saturated carbocycles. The fourth-order valence-electron chi connectivity index (χ4n) is 10.2. The number of methoxy groups -OCH3 is 1. The molecule has 3 aromatic carbocycles. The number of carbonyl (C=O) groups is 4. The minimum absolute atomic E-state index is 0.102. The number of hydrogen-bond acceptors (Lipinski definition) is 12. The van der Waals surface area contributed by atoms with Crippen LogP contribution in [0.4, 0.5) is 23.0 Å². The van der Waals surface area contributed by atoms with Crippen LogP contribution in [0.25, 0.3) is 22.2 Å². The molecule has 318 valence electrons. The molecule has 2 aromatic heterocycles. The van der Waals surface area contributed by atoms with Gasteiger partial charge in [0.1, 0.15) is 11.8 Å². The Morgan fingerprint density at radius 1 is 0.710 bits per heavy atom. The normalized spacial score (nSPS) is 21.7. The number of amides is 4. The van der Waals surface area contributed by atoms with Gasteiger partial charge in [-0.3, -0.25) is 39.2 Å². The van der Waals surface area contributed by atoms with Gasteiger partial charge in [-0.2, -0.15) is 0 Å². The van der Waals surface area contributed by atoms with E-state index >= 15 is 0 Å². The van der Waals surface area contributed by atoms with Crippen LogP contribution < -0.4 is 25.2 Å². The van der Waals surface area contributed by atoms with Gasteiger partial charge in [0.05, 0.1) is 29.6 Å². The van der Waals surface area contributed by atoms with Gasteiger partial charge in [-0.25, -0.2) is 9.97 Å².